The molecule has 0 radical (unpaired) electrons. The number of carbonyl (C=O) groups is 2. The van der Waals surface area contributed by atoms with Crippen molar-refractivity contribution in [3.63, 3.8) is 0 Å². The molecule has 0 aromatic heterocycles. The van der Waals surface area contributed by atoms with E-state index in [1.54, 1.807) is 25.3 Å². The third kappa shape index (κ3) is 4.85. The topological polar surface area (TPSA) is 103 Å². The quantitative estimate of drug-likeness (QED) is 0.696. The molecule has 1 aliphatic rings. The first kappa shape index (κ1) is 17.1. The highest BCUT2D eigenvalue weighted by Gasteiger charge is 2.16. The molecule has 7 heteroatoms. The number of ether oxygens (including phenoxy) is 2. The Balaban J connectivity index is 2.14. The first-order valence-corrected chi connectivity index (χ1v) is 7.74. The average Bonchev–Trinajstić information content (AvgIpc) is 2.56. The summed E-state index contributed by atoms with van der Waals surface area (Å²) in [5.74, 6) is 0.662. The summed E-state index contributed by atoms with van der Waals surface area (Å²) >= 11 is 0. The van der Waals surface area contributed by atoms with Crippen LogP contribution in [0, 0.1) is 0 Å². The molecule has 0 saturated carbocycles. The minimum atomic E-state index is -0.527. The van der Waals surface area contributed by atoms with E-state index in [9.17, 15) is 9.59 Å². The van der Waals surface area contributed by atoms with Gasteiger partial charge in [0.1, 0.15) is 18.1 Å². The van der Waals surface area contributed by atoms with Crippen LogP contribution in [0.25, 0.3) is 0 Å². The van der Waals surface area contributed by atoms with Gasteiger partial charge in [0.2, 0.25) is 5.91 Å². The van der Waals surface area contributed by atoms with E-state index in [-0.39, 0.29) is 18.4 Å². The maximum absolute atomic E-state index is 12.3. The molecule has 0 unspecified atom stereocenters. The van der Waals surface area contributed by atoms with Gasteiger partial charge in [0.05, 0.1) is 25.3 Å². The molecule has 4 N–H and O–H groups in total. The molecular formula is C16H23N3O4. The zero-order valence-corrected chi connectivity index (χ0v) is 13.3. The first-order chi connectivity index (χ1) is 11.1. The van der Waals surface area contributed by atoms with E-state index in [4.69, 9.17) is 15.2 Å². The molecule has 1 aromatic rings. The summed E-state index contributed by atoms with van der Waals surface area (Å²) in [6, 6.07) is 4.52. The molecule has 0 saturated heterocycles. The van der Waals surface area contributed by atoms with Gasteiger partial charge in [-0.2, -0.15) is 0 Å². The molecule has 0 aliphatic carbocycles. The SMILES string of the molecule is COc1ccc2c(c1)OCCNC(=O)[C@@H](N)CCCCNC2=O. The van der Waals surface area contributed by atoms with Crippen molar-refractivity contribution in [2.24, 2.45) is 5.73 Å². The summed E-state index contributed by atoms with van der Waals surface area (Å²) in [5, 5.41) is 5.59. The van der Waals surface area contributed by atoms with Crippen molar-refractivity contribution >= 4 is 11.8 Å². The molecule has 1 aromatic carbocycles. The molecule has 23 heavy (non-hydrogen) atoms. The fourth-order valence-electron chi connectivity index (χ4n) is 2.32. The van der Waals surface area contributed by atoms with Crippen molar-refractivity contribution in [1.82, 2.24) is 10.6 Å². The van der Waals surface area contributed by atoms with Gasteiger partial charge in [-0.1, -0.05) is 0 Å². The molecule has 0 fully saturated rings. The second-order valence-electron chi connectivity index (χ2n) is 5.36. The van der Waals surface area contributed by atoms with Crippen LogP contribution in [-0.4, -0.2) is 44.7 Å². The lowest BCUT2D eigenvalue weighted by Gasteiger charge is -2.16. The van der Waals surface area contributed by atoms with Gasteiger partial charge in [-0.3, -0.25) is 9.59 Å². The minimum absolute atomic E-state index is 0.180. The Labute approximate surface area is 135 Å². The molecule has 2 amide bonds. The van der Waals surface area contributed by atoms with Gasteiger partial charge >= 0.3 is 0 Å². The second-order valence-corrected chi connectivity index (χ2v) is 5.36. The smallest absolute Gasteiger partial charge is 0.255 e. The van der Waals surface area contributed by atoms with Crippen LogP contribution in [0.15, 0.2) is 18.2 Å². The minimum Gasteiger partial charge on any atom is -0.497 e. The van der Waals surface area contributed by atoms with E-state index in [2.05, 4.69) is 10.6 Å². The van der Waals surface area contributed by atoms with Crippen molar-refractivity contribution in [3.8, 4) is 11.5 Å². The molecule has 0 bridgehead atoms. The van der Waals surface area contributed by atoms with Gasteiger partial charge in [-0.25, -0.2) is 0 Å². The number of benzene rings is 1. The van der Waals surface area contributed by atoms with Crippen molar-refractivity contribution in [2.75, 3.05) is 26.8 Å². The van der Waals surface area contributed by atoms with E-state index in [1.165, 1.54) is 0 Å². The van der Waals surface area contributed by atoms with Crippen LogP contribution in [-0.2, 0) is 4.79 Å². The zero-order chi connectivity index (χ0) is 16.7. The van der Waals surface area contributed by atoms with Crippen LogP contribution in [0.5, 0.6) is 11.5 Å². The van der Waals surface area contributed by atoms with E-state index < -0.39 is 6.04 Å². The Morgan fingerprint density at radius 2 is 2.04 bits per heavy atom. The standard InChI is InChI=1S/C16H23N3O4/c1-22-11-5-6-12-14(10-11)23-9-8-19-16(21)13(17)4-2-3-7-18-15(12)20/h5-6,10,13H,2-4,7-9,17H2,1H3,(H,18,20)(H,19,21)/t13-/m0/s1. The average molecular weight is 321 g/mol. The van der Waals surface area contributed by atoms with Crippen LogP contribution >= 0.6 is 0 Å². The number of nitrogens with one attached hydrogen (secondary N) is 2. The van der Waals surface area contributed by atoms with E-state index >= 15 is 0 Å². The highest BCUT2D eigenvalue weighted by atomic mass is 16.5. The number of hydrogen-bond donors (Lipinski definition) is 3. The van der Waals surface area contributed by atoms with Gasteiger partial charge in [-0.05, 0) is 31.4 Å². The summed E-state index contributed by atoms with van der Waals surface area (Å²) < 4.78 is 10.8. The molecule has 1 heterocycles. The summed E-state index contributed by atoms with van der Waals surface area (Å²) in [5.41, 5.74) is 6.26. The number of rotatable bonds is 1. The molecule has 126 valence electrons. The Hall–Kier alpha value is -2.28. The van der Waals surface area contributed by atoms with Crippen LogP contribution in [0.3, 0.4) is 0 Å². The van der Waals surface area contributed by atoms with Gasteiger partial charge in [0.25, 0.3) is 5.91 Å². The Morgan fingerprint density at radius 3 is 2.83 bits per heavy atom. The number of fused-ring (bicyclic) bond motifs is 1. The van der Waals surface area contributed by atoms with Gasteiger partial charge in [0, 0.05) is 12.6 Å². The van der Waals surface area contributed by atoms with E-state index in [1.807, 2.05) is 0 Å². The summed E-state index contributed by atoms with van der Waals surface area (Å²) in [6.07, 6.45) is 2.14. The predicted octanol–water partition coefficient (Wildman–Crippen LogP) is 0.431. The fourth-order valence-corrected chi connectivity index (χ4v) is 2.32. The van der Waals surface area contributed by atoms with E-state index in [0.29, 0.717) is 36.6 Å². The molecule has 1 atom stereocenters. The molecule has 2 rings (SSSR count). The highest BCUT2D eigenvalue weighted by molar-refractivity contribution is 5.97. The van der Waals surface area contributed by atoms with Crippen LogP contribution in [0.2, 0.25) is 0 Å². The molecule has 7 nitrogen and oxygen atoms in total. The Morgan fingerprint density at radius 1 is 1.22 bits per heavy atom. The number of amides is 2. The van der Waals surface area contributed by atoms with Crippen molar-refractivity contribution in [2.45, 2.75) is 25.3 Å². The summed E-state index contributed by atoms with van der Waals surface area (Å²) in [6.45, 7) is 1.09. The molecule has 1 aliphatic heterocycles. The summed E-state index contributed by atoms with van der Waals surface area (Å²) in [4.78, 5) is 24.1. The normalized spacial score (nSPS) is 20.3. The lowest BCUT2D eigenvalue weighted by atomic mass is 10.1. The largest absolute Gasteiger partial charge is 0.497 e. The predicted molar refractivity (Wildman–Crippen MR) is 85.7 cm³/mol. The van der Waals surface area contributed by atoms with E-state index in [0.717, 1.165) is 12.8 Å². The van der Waals surface area contributed by atoms with Gasteiger partial charge in [-0.15, -0.1) is 0 Å². The maximum Gasteiger partial charge on any atom is 0.255 e. The second kappa shape index (κ2) is 8.38. The summed E-state index contributed by atoms with van der Waals surface area (Å²) in [7, 11) is 1.55. The van der Waals surface area contributed by atoms with Crippen LogP contribution in [0.1, 0.15) is 29.6 Å². The number of nitrogens with two attached hydrogens (primary N) is 1. The lowest BCUT2D eigenvalue weighted by molar-refractivity contribution is -0.122. The van der Waals surface area contributed by atoms with Gasteiger partial charge < -0.3 is 25.8 Å². The number of methoxy groups -OCH3 is 1. The molecular weight excluding hydrogens is 298 g/mol. The van der Waals surface area contributed by atoms with Crippen LogP contribution < -0.4 is 25.8 Å². The monoisotopic (exact) mass is 321 g/mol. The van der Waals surface area contributed by atoms with Crippen molar-refractivity contribution in [3.05, 3.63) is 23.8 Å². The van der Waals surface area contributed by atoms with Crippen LogP contribution in [0.4, 0.5) is 0 Å². The third-order valence-corrected chi connectivity index (χ3v) is 3.66. The first-order valence-electron chi connectivity index (χ1n) is 7.74. The number of carbonyl (C=O) groups excluding carboxylic acids is 2. The molecule has 0 spiro atoms. The Bertz CT molecular complexity index is 562. The van der Waals surface area contributed by atoms with Gasteiger partial charge in [0.15, 0.2) is 0 Å². The lowest BCUT2D eigenvalue weighted by Crippen LogP contribution is -2.42. The highest BCUT2D eigenvalue weighted by Crippen LogP contribution is 2.25. The Kier molecular flexibility index (Phi) is 6.22. The third-order valence-electron chi connectivity index (χ3n) is 3.66. The number of hydrogen-bond acceptors (Lipinski definition) is 5. The maximum atomic E-state index is 12.3. The van der Waals surface area contributed by atoms with Crippen molar-refractivity contribution < 1.29 is 19.1 Å². The fraction of sp³-hybridized carbons (Fsp3) is 0.500. The van der Waals surface area contributed by atoms with Crippen molar-refractivity contribution in [1.29, 1.82) is 0 Å². The zero-order valence-electron chi connectivity index (χ0n) is 13.3.